The van der Waals surface area contributed by atoms with Crippen molar-refractivity contribution in [2.24, 2.45) is 0 Å². The highest BCUT2D eigenvalue weighted by Crippen LogP contribution is 2.14. The second kappa shape index (κ2) is 4.72. The van der Waals surface area contributed by atoms with Crippen molar-refractivity contribution in [3.63, 3.8) is 0 Å². The highest BCUT2D eigenvalue weighted by atomic mass is 16.3. The summed E-state index contributed by atoms with van der Waals surface area (Å²) in [6, 6.07) is 5.50. The number of aromatic nitrogens is 3. The standard InChI is InChI=1S/C14H16N4O2/c1-9-5-10(2)18(16-9)13-4-3-11(6-15-13)14(20)17-7-12(19)8-17/h3-6,12,19H,7-8H2,1-2H3. The number of hydrogen-bond donors (Lipinski definition) is 1. The fourth-order valence-corrected chi connectivity index (χ4v) is 2.30. The fourth-order valence-electron chi connectivity index (χ4n) is 2.30. The third kappa shape index (κ3) is 2.18. The lowest BCUT2D eigenvalue weighted by molar-refractivity contribution is 0.00586. The van der Waals surface area contributed by atoms with Crippen LogP contribution in [0.1, 0.15) is 21.7 Å². The molecule has 0 aromatic carbocycles. The van der Waals surface area contributed by atoms with Crippen LogP contribution < -0.4 is 0 Å². The van der Waals surface area contributed by atoms with Gasteiger partial charge < -0.3 is 10.0 Å². The van der Waals surface area contributed by atoms with E-state index in [0.29, 0.717) is 24.5 Å². The summed E-state index contributed by atoms with van der Waals surface area (Å²) >= 11 is 0. The van der Waals surface area contributed by atoms with Crippen molar-refractivity contribution in [1.82, 2.24) is 19.7 Å². The van der Waals surface area contributed by atoms with E-state index in [2.05, 4.69) is 10.1 Å². The van der Waals surface area contributed by atoms with Gasteiger partial charge in [0, 0.05) is 25.0 Å². The SMILES string of the molecule is Cc1cc(C)n(-c2ccc(C(=O)N3CC(O)C3)cn2)n1. The van der Waals surface area contributed by atoms with Crippen LogP contribution in [0.15, 0.2) is 24.4 Å². The van der Waals surface area contributed by atoms with E-state index in [-0.39, 0.29) is 12.0 Å². The molecule has 0 unspecified atom stereocenters. The van der Waals surface area contributed by atoms with Gasteiger partial charge in [0.2, 0.25) is 0 Å². The molecule has 1 N–H and O–H groups in total. The zero-order valence-corrected chi connectivity index (χ0v) is 11.4. The van der Waals surface area contributed by atoms with Crippen LogP contribution in [0.4, 0.5) is 0 Å². The number of hydrogen-bond acceptors (Lipinski definition) is 4. The summed E-state index contributed by atoms with van der Waals surface area (Å²) in [6.45, 7) is 4.69. The third-order valence-electron chi connectivity index (χ3n) is 3.37. The molecule has 0 radical (unpaired) electrons. The van der Waals surface area contributed by atoms with Crippen LogP contribution in [0.25, 0.3) is 5.82 Å². The van der Waals surface area contributed by atoms with Crippen LogP contribution >= 0.6 is 0 Å². The summed E-state index contributed by atoms with van der Waals surface area (Å²) in [5, 5.41) is 13.6. The molecule has 6 heteroatoms. The summed E-state index contributed by atoms with van der Waals surface area (Å²) < 4.78 is 1.75. The van der Waals surface area contributed by atoms with Crippen molar-refractivity contribution in [1.29, 1.82) is 0 Å². The lowest BCUT2D eigenvalue weighted by Gasteiger charge is -2.35. The Balaban J connectivity index is 1.81. The van der Waals surface area contributed by atoms with E-state index in [1.807, 2.05) is 19.9 Å². The maximum Gasteiger partial charge on any atom is 0.255 e. The van der Waals surface area contributed by atoms with E-state index >= 15 is 0 Å². The lowest BCUT2D eigenvalue weighted by Crippen LogP contribution is -2.53. The molecular formula is C14H16N4O2. The molecule has 2 aromatic heterocycles. The van der Waals surface area contributed by atoms with E-state index < -0.39 is 0 Å². The van der Waals surface area contributed by atoms with E-state index in [0.717, 1.165) is 11.4 Å². The van der Waals surface area contributed by atoms with Gasteiger partial charge in [-0.2, -0.15) is 5.10 Å². The minimum absolute atomic E-state index is 0.0947. The smallest absolute Gasteiger partial charge is 0.255 e. The molecule has 1 saturated heterocycles. The number of likely N-dealkylation sites (tertiary alicyclic amines) is 1. The minimum atomic E-state index is -0.388. The van der Waals surface area contributed by atoms with E-state index in [9.17, 15) is 9.90 Å². The number of aliphatic hydroxyl groups is 1. The first-order chi connectivity index (χ1) is 9.54. The normalized spacial score (nSPS) is 15.2. The predicted molar refractivity (Wildman–Crippen MR) is 72.7 cm³/mol. The Morgan fingerprint density at radius 2 is 2.10 bits per heavy atom. The molecule has 20 heavy (non-hydrogen) atoms. The largest absolute Gasteiger partial charge is 0.389 e. The fraction of sp³-hybridized carbons (Fsp3) is 0.357. The number of carbonyl (C=O) groups is 1. The average Bonchev–Trinajstić information content (AvgIpc) is 2.74. The van der Waals surface area contributed by atoms with Crippen LogP contribution in [0.5, 0.6) is 0 Å². The van der Waals surface area contributed by atoms with Crippen LogP contribution in [-0.4, -0.2) is 49.9 Å². The van der Waals surface area contributed by atoms with Gasteiger partial charge in [-0.25, -0.2) is 9.67 Å². The Kier molecular flexibility index (Phi) is 3.02. The molecule has 3 heterocycles. The molecule has 1 amide bonds. The Bertz CT molecular complexity index is 642. The molecule has 0 spiro atoms. The molecule has 2 aromatic rings. The van der Waals surface area contributed by atoms with Crippen molar-refractivity contribution in [3.8, 4) is 5.82 Å². The van der Waals surface area contributed by atoms with Crippen molar-refractivity contribution >= 4 is 5.91 Å². The Hall–Kier alpha value is -2.21. The number of carbonyl (C=O) groups excluding carboxylic acids is 1. The van der Waals surface area contributed by atoms with E-state index in [1.165, 1.54) is 0 Å². The number of β-amino-alcohol motifs (C(OH)–C–C–N with tert-alkyl or cyclic N) is 1. The maximum atomic E-state index is 12.0. The number of rotatable bonds is 2. The quantitative estimate of drug-likeness (QED) is 0.873. The summed E-state index contributed by atoms with van der Waals surface area (Å²) in [4.78, 5) is 17.9. The highest BCUT2D eigenvalue weighted by Gasteiger charge is 2.29. The summed E-state index contributed by atoms with van der Waals surface area (Å²) in [7, 11) is 0. The lowest BCUT2D eigenvalue weighted by atomic mass is 10.1. The Morgan fingerprint density at radius 3 is 2.60 bits per heavy atom. The second-order valence-electron chi connectivity index (χ2n) is 5.11. The van der Waals surface area contributed by atoms with E-state index in [1.54, 1.807) is 27.9 Å². The zero-order valence-electron chi connectivity index (χ0n) is 11.4. The van der Waals surface area contributed by atoms with Gasteiger partial charge in [-0.1, -0.05) is 0 Å². The highest BCUT2D eigenvalue weighted by molar-refractivity contribution is 5.94. The molecule has 104 valence electrons. The molecule has 1 fully saturated rings. The Morgan fingerprint density at radius 1 is 1.35 bits per heavy atom. The number of aliphatic hydroxyl groups excluding tert-OH is 1. The van der Waals surface area contributed by atoms with Crippen molar-refractivity contribution in [2.45, 2.75) is 20.0 Å². The first-order valence-corrected chi connectivity index (χ1v) is 6.51. The van der Waals surface area contributed by atoms with Gasteiger partial charge in [-0.05, 0) is 32.0 Å². The van der Waals surface area contributed by atoms with E-state index in [4.69, 9.17) is 0 Å². The number of pyridine rings is 1. The molecule has 0 saturated carbocycles. The molecule has 1 aliphatic heterocycles. The molecule has 3 rings (SSSR count). The number of nitrogens with zero attached hydrogens (tertiary/aromatic N) is 4. The molecule has 0 bridgehead atoms. The monoisotopic (exact) mass is 272 g/mol. The molecular weight excluding hydrogens is 256 g/mol. The third-order valence-corrected chi connectivity index (χ3v) is 3.37. The van der Waals surface area contributed by atoms with Crippen LogP contribution in [-0.2, 0) is 0 Å². The topological polar surface area (TPSA) is 71.2 Å². The Labute approximate surface area is 116 Å². The van der Waals surface area contributed by atoms with Crippen molar-refractivity contribution in [2.75, 3.05) is 13.1 Å². The van der Waals surface area contributed by atoms with Gasteiger partial charge in [0.25, 0.3) is 5.91 Å². The van der Waals surface area contributed by atoms with Gasteiger partial charge in [0.1, 0.15) is 0 Å². The van der Waals surface area contributed by atoms with Gasteiger partial charge >= 0.3 is 0 Å². The van der Waals surface area contributed by atoms with Gasteiger partial charge in [0.15, 0.2) is 5.82 Å². The predicted octanol–water partition coefficient (Wildman–Crippen LogP) is 0.701. The maximum absolute atomic E-state index is 12.0. The first kappa shape index (κ1) is 12.8. The molecule has 6 nitrogen and oxygen atoms in total. The molecule has 0 aliphatic carbocycles. The van der Waals surface area contributed by atoms with Crippen LogP contribution in [0.2, 0.25) is 0 Å². The van der Waals surface area contributed by atoms with Crippen molar-refractivity contribution < 1.29 is 9.90 Å². The van der Waals surface area contributed by atoms with Gasteiger partial charge in [0.05, 0.1) is 17.4 Å². The first-order valence-electron chi connectivity index (χ1n) is 6.51. The number of aryl methyl sites for hydroxylation is 2. The van der Waals surface area contributed by atoms with Gasteiger partial charge in [-0.3, -0.25) is 4.79 Å². The summed E-state index contributed by atoms with van der Waals surface area (Å²) in [5.41, 5.74) is 2.46. The van der Waals surface area contributed by atoms with Crippen molar-refractivity contribution in [3.05, 3.63) is 41.3 Å². The average molecular weight is 272 g/mol. The van der Waals surface area contributed by atoms with Gasteiger partial charge in [-0.15, -0.1) is 0 Å². The van der Waals surface area contributed by atoms with Crippen LogP contribution in [0.3, 0.4) is 0 Å². The number of amides is 1. The second-order valence-corrected chi connectivity index (χ2v) is 5.11. The summed E-state index contributed by atoms with van der Waals surface area (Å²) in [5.74, 6) is 0.596. The molecule has 0 atom stereocenters. The van der Waals surface area contributed by atoms with Crippen LogP contribution in [0, 0.1) is 13.8 Å². The summed E-state index contributed by atoms with van der Waals surface area (Å²) in [6.07, 6.45) is 1.17. The minimum Gasteiger partial charge on any atom is -0.389 e. The molecule has 1 aliphatic rings. The zero-order chi connectivity index (χ0) is 14.3.